The zero-order valence-electron chi connectivity index (χ0n) is 9.83. The molecule has 0 spiro atoms. The topological polar surface area (TPSA) is 94.0 Å². The van der Waals surface area contributed by atoms with Crippen molar-refractivity contribution in [2.75, 3.05) is 11.1 Å². The lowest BCUT2D eigenvalue weighted by molar-refractivity contribution is 0.102. The minimum atomic E-state index is -0.284. The number of carbonyl (C=O) groups is 1. The highest BCUT2D eigenvalue weighted by Gasteiger charge is 2.12. The second-order valence-electron chi connectivity index (χ2n) is 3.98. The smallest absolute Gasteiger partial charge is 0.256 e. The number of nitrogen functional groups attached to an aromatic ring is 1. The summed E-state index contributed by atoms with van der Waals surface area (Å²) in [4.78, 5) is 16.4. The van der Waals surface area contributed by atoms with Crippen molar-refractivity contribution in [1.82, 2.24) is 10.1 Å². The molecule has 0 saturated heterocycles. The molecule has 2 aromatic heterocycles. The van der Waals surface area contributed by atoms with Crippen LogP contribution in [0.15, 0.2) is 47.3 Å². The molecular weight excluding hydrogens is 244 g/mol. The number of hydrogen-bond acceptors (Lipinski definition) is 5. The first-order chi connectivity index (χ1) is 9.24. The standard InChI is InChI=1S/C13H10N4O2/c14-12-5-10(9-3-1-2-4-11(9)17-12)13(18)16-8-6-15-19-7-8/h1-7H,(H2,14,17)(H,16,18). The van der Waals surface area contributed by atoms with Gasteiger partial charge in [0.05, 0.1) is 17.3 Å². The van der Waals surface area contributed by atoms with Gasteiger partial charge in [0.15, 0.2) is 0 Å². The molecule has 0 aliphatic rings. The number of amides is 1. The van der Waals surface area contributed by atoms with Gasteiger partial charge in [0.25, 0.3) is 5.91 Å². The zero-order chi connectivity index (χ0) is 13.2. The summed E-state index contributed by atoms with van der Waals surface area (Å²) in [6, 6.07) is 8.87. The Morgan fingerprint density at radius 3 is 2.95 bits per heavy atom. The first-order valence-corrected chi connectivity index (χ1v) is 5.60. The molecule has 0 aliphatic heterocycles. The average Bonchev–Trinajstić information content (AvgIpc) is 2.90. The fourth-order valence-electron chi connectivity index (χ4n) is 1.85. The summed E-state index contributed by atoms with van der Waals surface area (Å²) >= 11 is 0. The van der Waals surface area contributed by atoms with Crippen molar-refractivity contribution in [2.24, 2.45) is 0 Å². The van der Waals surface area contributed by atoms with E-state index >= 15 is 0 Å². The van der Waals surface area contributed by atoms with Crippen molar-refractivity contribution in [1.29, 1.82) is 0 Å². The van der Waals surface area contributed by atoms with Crippen molar-refractivity contribution in [3.8, 4) is 0 Å². The van der Waals surface area contributed by atoms with Crippen molar-refractivity contribution in [3.05, 3.63) is 48.4 Å². The number of fused-ring (bicyclic) bond motifs is 1. The van der Waals surface area contributed by atoms with Gasteiger partial charge in [-0.2, -0.15) is 0 Å². The predicted molar refractivity (Wildman–Crippen MR) is 70.6 cm³/mol. The van der Waals surface area contributed by atoms with Crippen LogP contribution in [-0.2, 0) is 0 Å². The van der Waals surface area contributed by atoms with Gasteiger partial charge in [-0.3, -0.25) is 4.79 Å². The van der Waals surface area contributed by atoms with Crippen LogP contribution in [0.2, 0.25) is 0 Å². The Labute approximate surface area is 108 Å². The number of nitrogens with two attached hydrogens (primary N) is 1. The molecule has 1 amide bonds. The number of carbonyl (C=O) groups excluding carboxylic acids is 1. The average molecular weight is 254 g/mol. The Bertz CT molecular complexity index is 737. The molecule has 2 heterocycles. The molecular formula is C13H10N4O2. The number of pyridine rings is 1. The lowest BCUT2D eigenvalue weighted by atomic mass is 10.1. The van der Waals surface area contributed by atoms with E-state index in [9.17, 15) is 4.79 Å². The lowest BCUT2D eigenvalue weighted by Gasteiger charge is -2.07. The summed E-state index contributed by atoms with van der Waals surface area (Å²) in [5.41, 5.74) is 7.35. The third-order valence-electron chi connectivity index (χ3n) is 2.67. The maximum absolute atomic E-state index is 12.2. The molecule has 0 aliphatic carbocycles. The zero-order valence-corrected chi connectivity index (χ0v) is 9.83. The maximum atomic E-state index is 12.2. The van der Waals surface area contributed by atoms with Crippen molar-refractivity contribution >= 4 is 28.3 Å². The molecule has 0 saturated carbocycles. The number of nitrogens with one attached hydrogen (secondary N) is 1. The van der Waals surface area contributed by atoms with Gasteiger partial charge in [-0.05, 0) is 12.1 Å². The van der Waals surface area contributed by atoms with E-state index in [1.807, 2.05) is 24.3 Å². The third kappa shape index (κ3) is 2.11. The summed E-state index contributed by atoms with van der Waals surface area (Å²) in [6.07, 6.45) is 2.77. The van der Waals surface area contributed by atoms with E-state index in [-0.39, 0.29) is 5.91 Å². The van der Waals surface area contributed by atoms with Crippen LogP contribution in [0.5, 0.6) is 0 Å². The van der Waals surface area contributed by atoms with Crippen molar-refractivity contribution in [3.63, 3.8) is 0 Å². The van der Waals surface area contributed by atoms with Crippen LogP contribution in [0.3, 0.4) is 0 Å². The van der Waals surface area contributed by atoms with Gasteiger partial charge in [0.2, 0.25) is 0 Å². The number of para-hydroxylation sites is 1. The summed E-state index contributed by atoms with van der Waals surface area (Å²) in [7, 11) is 0. The first-order valence-electron chi connectivity index (χ1n) is 5.60. The highest BCUT2D eigenvalue weighted by Crippen LogP contribution is 2.20. The highest BCUT2D eigenvalue weighted by atomic mass is 16.5. The normalized spacial score (nSPS) is 10.5. The second-order valence-corrected chi connectivity index (χ2v) is 3.98. The fraction of sp³-hybridized carbons (Fsp3) is 0. The molecule has 0 unspecified atom stereocenters. The Morgan fingerprint density at radius 1 is 1.32 bits per heavy atom. The number of benzene rings is 1. The lowest BCUT2D eigenvalue weighted by Crippen LogP contribution is -2.13. The van der Waals surface area contributed by atoms with Gasteiger partial charge in [-0.15, -0.1) is 0 Å². The Kier molecular flexibility index (Phi) is 2.60. The van der Waals surface area contributed by atoms with E-state index in [4.69, 9.17) is 5.73 Å². The third-order valence-corrected chi connectivity index (χ3v) is 2.67. The van der Waals surface area contributed by atoms with Crippen LogP contribution >= 0.6 is 0 Å². The van der Waals surface area contributed by atoms with Crippen LogP contribution in [0.4, 0.5) is 11.5 Å². The number of rotatable bonds is 2. The number of hydrogen-bond donors (Lipinski definition) is 2. The monoisotopic (exact) mass is 254 g/mol. The summed E-state index contributed by atoms with van der Waals surface area (Å²) in [5, 5.41) is 6.94. The molecule has 94 valence electrons. The van der Waals surface area contributed by atoms with E-state index in [0.717, 1.165) is 5.39 Å². The molecule has 0 radical (unpaired) electrons. The van der Waals surface area contributed by atoms with Crippen LogP contribution < -0.4 is 11.1 Å². The Hall–Kier alpha value is -2.89. The fourth-order valence-corrected chi connectivity index (χ4v) is 1.85. The van der Waals surface area contributed by atoms with Gasteiger partial charge >= 0.3 is 0 Å². The number of anilines is 2. The summed E-state index contributed by atoms with van der Waals surface area (Å²) in [5.74, 6) is 0.0164. The quantitative estimate of drug-likeness (QED) is 0.730. The van der Waals surface area contributed by atoms with Crippen LogP contribution in [-0.4, -0.2) is 16.0 Å². The molecule has 3 rings (SSSR count). The Balaban J connectivity index is 2.06. The molecule has 1 aromatic carbocycles. The highest BCUT2D eigenvalue weighted by molar-refractivity contribution is 6.12. The number of nitrogens with zero attached hydrogens (tertiary/aromatic N) is 2. The van der Waals surface area contributed by atoms with Crippen molar-refractivity contribution < 1.29 is 9.32 Å². The van der Waals surface area contributed by atoms with Gasteiger partial charge < -0.3 is 15.6 Å². The number of aromatic nitrogens is 2. The van der Waals surface area contributed by atoms with Gasteiger partial charge in [-0.25, -0.2) is 4.98 Å². The SMILES string of the molecule is Nc1cc(C(=O)Nc2cnoc2)c2ccccc2n1. The van der Waals surface area contributed by atoms with Crippen molar-refractivity contribution in [2.45, 2.75) is 0 Å². The predicted octanol–water partition coefficient (Wildman–Crippen LogP) is 2.06. The van der Waals surface area contributed by atoms with E-state index in [1.54, 1.807) is 6.07 Å². The minimum absolute atomic E-state index is 0.284. The van der Waals surface area contributed by atoms with Crippen LogP contribution in [0.25, 0.3) is 10.9 Å². The van der Waals surface area contributed by atoms with E-state index in [0.29, 0.717) is 22.6 Å². The maximum Gasteiger partial charge on any atom is 0.256 e. The molecule has 0 fully saturated rings. The molecule has 19 heavy (non-hydrogen) atoms. The second kappa shape index (κ2) is 4.41. The molecule has 0 bridgehead atoms. The Morgan fingerprint density at radius 2 is 2.16 bits per heavy atom. The van der Waals surface area contributed by atoms with E-state index in [2.05, 4.69) is 20.0 Å². The molecule has 6 heteroatoms. The van der Waals surface area contributed by atoms with Gasteiger partial charge in [0.1, 0.15) is 17.8 Å². The van der Waals surface area contributed by atoms with Gasteiger partial charge in [-0.1, -0.05) is 23.4 Å². The first kappa shape index (κ1) is 11.2. The van der Waals surface area contributed by atoms with E-state index < -0.39 is 0 Å². The molecule has 0 atom stereocenters. The minimum Gasteiger partial charge on any atom is -0.384 e. The van der Waals surface area contributed by atoms with Crippen LogP contribution in [0, 0.1) is 0 Å². The molecule has 3 aromatic rings. The summed E-state index contributed by atoms with van der Waals surface area (Å²) < 4.78 is 4.66. The molecule has 3 N–H and O–H groups in total. The summed E-state index contributed by atoms with van der Waals surface area (Å²) in [6.45, 7) is 0. The van der Waals surface area contributed by atoms with Gasteiger partial charge in [0, 0.05) is 5.39 Å². The van der Waals surface area contributed by atoms with Crippen LogP contribution in [0.1, 0.15) is 10.4 Å². The largest absolute Gasteiger partial charge is 0.384 e. The van der Waals surface area contributed by atoms with E-state index in [1.165, 1.54) is 12.5 Å². The molecule has 6 nitrogen and oxygen atoms in total.